The van der Waals surface area contributed by atoms with Gasteiger partial charge in [-0.1, -0.05) is 13.0 Å². The molecule has 1 unspecified atom stereocenters. The molecule has 1 saturated heterocycles. The third kappa shape index (κ3) is 5.70. The first-order valence-corrected chi connectivity index (χ1v) is 9.48. The van der Waals surface area contributed by atoms with Gasteiger partial charge in [-0.25, -0.2) is 0 Å². The lowest BCUT2D eigenvalue weighted by molar-refractivity contribution is -0.142. The predicted octanol–water partition coefficient (Wildman–Crippen LogP) is 2.13. The van der Waals surface area contributed by atoms with Gasteiger partial charge in [-0.15, -0.1) is 0 Å². The number of methoxy groups -OCH3 is 1. The van der Waals surface area contributed by atoms with Crippen molar-refractivity contribution in [3.05, 3.63) is 24.3 Å². The van der Waals surface area contributed by atoms with Crippen LogP contribution in [-0.2, 0) is 14.4 Å². The van der Waals surface area contributed by atoms with Crippen LogP contribution < -0.4 is 10.1 Å². The SMILES string of the molecule is CCC(=O)N1CCCC(C(=O)N(CC)CC(=O)Nc2cccc(OC)c2)C1. The van der Waals surface area contributed by atoms with Crippen LogP contribution in [0.4, 0.5) is 5.69 Å². The molecule has 1 aromatic rings. The molecule has 0 radical (unpaired) electrons. The minimum absolute atomic E-state index is 0.00916. The number of ether oxygens (including phenoxy) is 1. The summed E-state index contributed by atoms with van der Waals surface area (Å²) < 4.78 is 5.15. The average Bonchev–Trinajstić information content (AvgIpc) is 2.71. The number of likely N-dealkylation sites (N-methyl/N-ethyl adjacent to an activating group) is 1. The van der Waals surface area contributed by atoms with Crippen LogP contribution in [0.5, 0.6) is 5.75 Å². The van der Waals surface area contributed by atoms with Crippen molar-refractivity contribution in [2.45, 2.75) is 33.1 Å². The fraction of sp³-hybridized carbons (Fsp3) is 0.550. The third-order valence-electron chi connectivity index (χ3n) is 4.81. The van der Waals surface area contributed by atoms with Gasteiger partial charge in [0.25, 0.3) is 0 Å². The van der Waals surface area contributed by atoms with Gasteiger partial charge in [0.2, 0.25) is 17.7 Å². The number of hydrogen-bond acceptors (Lipinski definition) is 4. The number of likely N-dealkylation sites (tertiary alicyclic amines) is 1. The summed E-state index contributed by atoms with van der Waals surface area (Å²) in [5, 5.41) is 2.80. The molecule has 0 bridgehead atoms. The van der Waals surface area contributed by atoms with E-state index < -0.39 is 0 Å². The summed E-state index contributed by atoms with van der Waals surface area (Å²) in [5.41, 5.74) is 0.625. The monoisotopic (exact) mass is 375 g/mol. The van der Waals surface area contributed by atoms with E-state index in [0.29, 0.717) is 37.5 Å². The number of nitrogens with one attached hydrogen (secondary N) is 1. The Bertz CT molecular complexity index is 677. The molecule has 1 aromatic carbocycles. The molecule has 1 N–H and O–H groups in total. The summed E-state index contributed by atoms with van der Waals surface area (Å²) in [7, 11) is 1.56. The zero-order valence-corrected chi connectivity index (χ0v) is 16.4. The number of amides is 3. The molecular formula is C20H29N3O4. The number of piperidine rings is 1. The normalized spacial score (nSPS) is 16.6. The van der Waals surface area contributed by atoms with Crippen LogP contribution >= 0.6 is 0 Å². The lowest BCUT2D eigenvalue weighted by Gasteiger charge is -2.34. The molecule has 7 heteroatoms. The number of benzene rings is 1. The molecule has 27 heavy (non-hydrogen) atoms. The molecule has 0 aromatic heterocycles. The van der Waals surface area contributed by atoms with Crippen LogP contribution in [-0.4, -0.2) is 60.8 Å². The summed E-state index contributed by atoms with van der Waals surface area (Å²) in [5.74, 6) is 0.173. The van der Waals surface area contributed by atoms with E-state index in [1.807, 2.05) is 13.8 Å². The molecule has 1 heterocycles. The summed E-state index contributed by atoms with van der Waals surface area (Å²) in [6, 6.07) is 7.09. The second-order valence-electron chi connectivity index (χ2n) is 6.67. The van der Waals surface area contributed by atoms with E-state index in [-0.39, 0.29) is 30.2 Å². The van der Waals surface area contributed by atoms with Crippen LogP contribution in [0.3, 0.4) is 0 Å². The summed E-state index contributed by atoms with van der Waals surface area (Å²) in [4.78, 5) is 40.5. The first kappa shape index (κ1) is 20.7. The number of carbonyl (C=O) groups is 3. The van der Waals surface area contributed by atoms with Gasteiger partial charge in [0, 0.05) is 37.8 Å². The Kier molecular flexibility index (Phi) is 7.64. The second-order valence-corrected chi connectivity index (χ2v) is 6.67. The zero-order chi connectivity index (χ0) is 19.8. The van der Waals surface area contributed by atoms with Gasteiger partial charge in [0.15, 0.2) is 0 Å². The Hall–Kier alpha value is -2.57. The maximum atomic E-state index is 12.9. The fourth-order valence-electron chi connectivity index (χ4n) is 3.31. The van der Waals surface area contributed by atoms with Gasteiger partial charge in [0.05, 0.1) is 19.6 Å². The van der Waals surface area contributed by atoms with E-state index in [9.17, 15) is 14.4 Å². The first-order chi connectivity index (χ1) is 13.0. The van der Waals surface area contributed by atoms with Gasteiger partial charge in [-0.05, 0) is 31.9 Å². The van der Waals surface area contributed by atoms with Crippen molar-refractivity contribution in [1.29, 1.82) is 0 Å². The fourth-order valence-corrected chi connectivity index (χ4v) is 3.31. The van der Waals surface area contributed by atoms with E-state index in [1.165, 1.54) is 0 Å². The molecule has 0 aliphatic carbocycles. The second kappa shape index (κ2) is 9.94. The quantitative estimate of drug-likeness (QED) is 0.792. The van der Waals surface area contributed by atoms with Crippen molar-refractivity contribution in [3.8, 4) is 5.75 Å². The number of rotatable bonds is 7. The number of carbonyl (C=O) groups excluding carboxylic acids is 3. The van der Waals surface area contributed by atoms with Gasteiger partial charge in [-0.2, -0.15) is 0 Å². The zero-order valence-electron chi connectivity index (χ0n) is 16.4. The highest BCUT2D eigenvalue weighted by atomic mass is 16.5. The molecule has 0 saturated carbocycles. The van der Waals surface area contributed by atoms with Gasteiger partial charge < -0.3 is 19.9 Å². The van der Waals surface area contributed by atoms with Crippen LogP contribution in [0, 0.1) is 5.92 Å². The van der Waals surface area contributed by atoms with Gasteiger partial charge in [-0.3, -0.25) is 14.4 Å². The lowest BCUT2D eigenvalue weighted by Crippen LogP contribution is -2.48. The Balaban J connectivity index is 1.95. The van der Waals surface area contributed by atoms with Crippen molar-refractivity contribution < 1.29 is 19.1 Å². The van der Waals surface area contributed by atoms with Crippen LogP contribution in [0.2, 0.25) is 0 Å². The molecule has 1 fully saturated rings. The number of anilines is 1. The first-order valence-electron chi connectivity index (χ1n) is 9.48. The Morgan fingerprint density at radius 1 is 1.30 bits per heavy atom. The van der Waals surface area contributed by atoms with Crippen molar-refractivity contribution >= 4 is 23.4 Å². The smallest absolute Gasteiger partial charge is 0.243 e. The van der Waals surface area contributed by atoms with Crippen molar-refractivity contribution in [2.75, 3.05) is 38.6 Å². The molecule has 148 valence electrons. The molecular weight excluding hydrogens is 346 g/mol. The highest BCUT2D eigenvalue weighted by Gasteiger charge is 2.31. The maximum absolute atomic E-state index is 12.9. The van der Waals surface area contributed by atoms with Crippen molar-refractivity contribution in [2.24, 2.45) is 5.92 Å². The number of hydrogen-bond donors (Lipinski definition) is 1. The van der Waals surface area contributed by atoms with Crippen molar-refractivity contribution in [3.63, 3.8) is 0 Å². The molecule has 1 aliphatic rings. The van der Waals surface area contributed by atoms with E-state index in [0.717, 1.165) is 12.8 Å². The highest BCUT2D eigenvalue weighted by molar-refractivity contribution is 5.95. The minimum Gasteiger partial charge on any atom is -0.497 e. The molecule has 3 amide bonds. The van der Waals surface area contributed by atoms with Crippen LogP contribution in [0.1, 0.15) is 33.1 Å². The van der Waals surface area contributed by atoms with E-state index in [4.69, 9.17) is 4.74 Å². The summed E-state index contributed by atoms with van der Waals surface area (Å²) in [6.45, 7) is 5.27. The highest BCUT2D eigenvalue weighted by Crippen LogP contribution is 2.20. The number of nitrogens with zero attached hydrogens (tertiary/aromatic N) is 2. The molecule has 0 spiro atoms. The molecule has 1 aliphatic heterocycles. The molecule has 1 atom stereocenters. The average molecular weight is 375 g/mol. The van der Waals surface area contributed by atoms with E-state index in [2.05, 4.69) is 5.32 Å². The van der Waals surface area contributed by atoms with Crippen LogP contribution in [0.15, 0.2) is 24.3 Å². The predicted molar refractivity (Wildman–Crippen MR) is 103 cm³/mol. The van der Waals surface area contributed by atoms with Gasteiger partial charge in [0.1, 0.15) is 5.75 Å². The van der Waals surface area contributed by atoms with E-state index >= 15 is 0 Å². The largest absolute Gasteiger partial charge is 0.497 e. The Morgan fingerprint density at radius 2 is 2.07 bits per heavy atom. The minimum atomic E-state index is -0.254. The van der Waals surface area contributed by atoms with Gasteiger partial charge >= 0.3 is 0 Å². The molecule has 2 rings (SSSR count). The third-order valence-corrected chi connectivity index (χ3v) is 4.81. The van der Waals surface area contributed by atoms with E-state index in [1.54, 1.807) is 41.2 Å². The molecule has 7 nitrogen and oxygen atoms in total. The standard InChI is InChI=1S/C20H29N3O4/c1-4-19(25)23-11-7-8-15(13-23)20(26)22(5-2)14-18(24)21-16-9-6-10-17(12-16)27-3/h6,9-10,12,15H,4-5,7-8,11,13-14H2,1-3H3,(H,21,24). The summed E-state index contributed by atoms with van der Waals surface area (Å²) in [6.07, 6.45) is 2.01. The Morgan fingerprint density at radius 3 is 2.74 bits per heavy atom. The Labute approximate surface area is 160 Å². The maximum Gasteiger partial charge on any atom is 0.243 e. The summed E-state index contributed by atoms with van der Waals surface area (Å²) >= 11 is 0. The topological polar surface area (TPSA) is 79.0 Å². The van der Waals surface area contributed by atoms with Crippen LogP contribution in [0.25, 0.3) is 0 Å². The van der Waals surface area contributed by atoms with Crippen molar-refractivity contribution in [1.82, 2.24) is 9.80 Å². The lowest BCUT2D eigenvalue weighted by atomic mass is 9.96.